The average Bonchev–Trinajstić information content (AvgIpc) is 2.71. The van der Waals surface area contributed by atoms with Gasteiger partial charge in [-0.05, 0) is 44.5 Å². The first-order chi connectivity index (χ1) is 10.8. The second kappa shape index (κ2) is 5.86. The van der Waals surface area contributed by atoms with Gasteiger partial charge in [0, 0.05) is 6.04 Å². The molecular weight excluding hydrogens is 338 g/mol. The Hall–Kier alpha value is -1.93. The number of carbonyl (C=O) groups is 1. The van der Waals surface area contributed by atoms with E-state index in [0.717, 1.165) is 0 Å². The highest BCUT2D eigenvalue weighted by Gasteiger charge is 2.42. The highest BCUT2D eigenvalue weighted by Crippen LogP contribution is 2.39. The molecular formula is C15H16F6N2O. The molecule has 1 heterocycles. The Morgan fingerprint density at radius 2 is 1.46 bits per heavy atom. The molecule has 1 aromatic carbocycles. The Balaban J connectivity index is 2.52. The van der Waals surface area contributed by atoms with Crippen molar-refractivity contribution in [3.05, 3.63) is 34.9 Å². The Bertz CT molecular complexity index is 606. The molecule has 24 heavy (non-hydrogen) atoms. The third kappa shape index (κ3) is 3.44. The minimum atomic E-state index is -4.92. The van der Waals surface area contributed by atoms with E-state index in [1.54, 1.807) is 20.8 Å². The van der Waals surface area contributed by atoms with Crippen LogP contribution in [0.25, 0.3) is 0 Å². The van der Waals surface area contributed by atoms with Crippen LogP contribution in [-0.4, -0.2) is 23.0 Å². The Labute approximate surface area is 134 Å². The molecule has 2 atom stereocenters. The number of alkyl halides is 6. The van der Waals surface area contributed by atoms with Crippen LogP contribution < -0.4 is 5.32 Å². The maximum atomic E-state index is 12.9. The van der Waals surface area contributed by atoms with Crippen molar-refractivity contribution in [3.8, 4) is 0 Å². The number of urea groups is 1. The Morgan fingerprint density at radius 3 is 1.79 bits per heavy atom. The van der Waals surface area contributed by atoms with E-state index in [0.29, 0.717) is 12.1 Å². The zero-order valence-electron chi connectivity index (χ0n) is 13.1. The number of rotatable bonds is 2. The Kier molecular flexibility index (Phi) is 4.49. The smallest absolute Gasteiger partial charge is 0.329 e. The maximum absolute atomic E-state index is 12.9. The molecule has 0 unspecified atom stereocenters. The molecule has 1 aromatic rings. The predicted octanol–water partition coefficient (Wildman–Crippen LogP) is 4.59. The van der Waals surface area contributed by atoms with Gasteiger partial charge in [0.1, 0.15) is 0 Å². The van der Waals surface area contributed by atoms with E-state index < -0.39 is 41.6 Å². The van der Waals surface area contributed by atoms with Crippen molar-refractivity contribution in [1.29, 1.82) is 0 Å². The molecule has 0 radical (unpaired) electrons. The topological polar surface area (TPSA) is 32.3 Å². The van der Waals surface area contributed by atoms with E-state index in [1.165, 1.54) is 4.90 Å². The predicted molar refractivity (Wildman–Crippen MR) is 74.2 cm³/mol. The van der Waals surface area contributed by atoms with E-state index >= 15 is 0 Å². The molecule has 1 aliphatic rings. The lowest BCUT2D eigenvalue weighted by molar-refractivity contribution is -0.143. The van der Waals surface area contributed by atoms with Crippen LogP contribution in [0.5, 0.6) is 0 Å². The van der Waals surface area contributed by atoms with E-state index in [2.05, 4.69) is 5.32 Å². The lowest BCUT2D eigenvalue weighted by Crippen LogP contribution is -2.38. The normalized spacial score (nSPS) is 22.2. The van der Waals surface area contributed by atoms with E-state index in [1.807, 2.05) is 0 Å². The van der Waals surface area contributed by atoms with Crippen molar-refractivity contribution >= 4 is 6.03 Å². The summed E-state index contributed by atoms with van der Waals surface area (Å²) in [5, 5.41) is 2.46. The molecule has 0 saturated carbocycles. The number of benzene rings is 1. The second-order valence-corrected chi connectivity index (χ2v) is 6.01. The van der Waals surface area contributed by atoms with Gasteiger partial charge in [0.25, 0.3) is 0 Å². The minimum Gasteiger partial charge on any atom is -0.329 e. The van der Waals surface area contributed by atoms with Crippen LogP contribution in [0.3, 0.4) is 0 Å². The summed E-state index contributed by atoms with van der Waals surface area (Å²) in [5.41, 5.74) is -3.00. The first kappa shape index (κ1) is 18.4. The maximum Gasteiger partial charge on any atom is 0.416 e. The van der Waals surface area contributed by atoms with Gasteiger partial charge in [0.2, 0.25) is 0 Å². The highest BCUT2D eigenvalue weighted by molar-refractivity contribution is 5.78. The van der Waals surface area contributed by atoms with Gasteiger partial charge in [0.15, 0.2) is 0 Å². The summed E-state index contributed by atoms with van der Waals surface area (Å²) in [6.07, 6.45) is -9.83. The molecule has 0 aromatic heterocycles. The van der Waals surface area contributed by atoms with Crippen molar-refractivity contribution in [2.24, 2.45) is 0 Å². The van der Waals surface area contributed by atoms with Crippen molar-refractivity contribution in [1.82, 2.24) is 10.2 Å². The van der Waals surface area contributed by atoms with E-state index in [9.17, 15) is 31.1 Å². The fourth-order valence-corrected chi connectivity index (χ4v) is 2.90. The van der Waals surface area contributed by atoms with Crippen molar-refractivity contribution in [2.75, 3.05) is 0 Å². The van der Waals surface area contributed by atoms with Crippen LogP contribution in [0.1, 0.15) is 43.5 Å². The van der Waals surface area contributed by atoms with Crippen LogP contribution in [0.15, 0.2) is 18.2 Å². The van der Waals surface area contributed by atoms with Crippen LogP contribution in [0.2, 0.25) is 0 Å². The van der Waals surface area contributed by atoms with Gasteiger partial charge in [-0.1, -0.05) is 0 Å². The van der Waals surface area contributed by atoms with Crippen LogP contribution in [-0.2, 0) is 12.4 Å². The number of nitrogens with one attached hydrogen (secondary N) is 1. The number of hydrogen-bond donors (Lipinski definition) is 1. The molecule has 3 nitrogen and oxygen atoms in total. The third-order valence-electron chi connectivity index (χ3n) is 3.96. The highest BCUT2D eigenvalue weighted by atomic mass is 19.4. The number of amides is 2. The molecule has 0 spiro atoms. The van der Waals surface area contributed by atoms with Crippen LogP contribution >= 0.6 is 0 Å². The summed E-state index contributed by atoms with van der Waals surface area (Å²) in [6.45, 7) is 5.01. The summed E-state index contributed by atoms with van der Waals surface area (Å²) < 4.78 is 77.6. The molecule has 2 rings (SSSR count). The van der Waals surface area contributed by atoms with Gasteiger partial charge < -0.3 is 10.2 Å². The first-order valence-corrected chi connectivity index (χ1v) is 7.20. The fourth-order valence-electron chi connectivity index (χ4n) is 2.90. The number of carbonyl (C=O) groups excluding carboxylic acids is 1. The number of hydrogen-bond acceptors (Lipinski definition) is 1. The minimum absolute atomic E-state index is 0.0746. The third-order valence-corrected chi connectivity index (χ3v) is 3.96. The molecule has 134 valence electrons. The number of halogens is 6. The molecule has 0 aliphatic carbocycles. The van der Waals surface area contributed by atoms with Gasteiger partial charge in [-0.15, -0.1) is 0 Å². The van der Waals surface area contributed by atoms with Crippen LogP contribution in [0.4, 0.5) is 31.1 Å². The average molecular weight is 354 g/mol. The summed E-state index contributed by atoms with van der Waals surface area (Å²) in [6, 6.07) is -0.914. The standard InChI is InChI=1S/C15H16F6N2O/c1-7(2)23-8(3)12(22-13(23)24)9-4-10(14(16,17)18)6-11(5-9)15(19,20)21/h4-8,12H,1-3H3,(H,22,24)/t8-,12-/m0/s1. The summed E-state index contributed by atoms with van der Waals surface area (Å²) in [5.74, 6) is 0. The summed E-state index contributed by atoms with van der Waals surface area (Å²) in [4.78, 5) is 13.3. The van der Waals surface area contributed by atoms with Crippen molar-refractivity contribution in [3.63, 3.8) is 0 Å². The zero-order chi connectivity index (χ0) is 18.4. The lowest BCUT2D eigenvalue weighted by Gasteiger charge is -2.27. The van der Waals surface area contributed by atoms with Crippen molar-refractivity contribution < 1.29 is 31.1 Å². The molecule has 1 N–H and O–H groups in total. The van der Waals surface area contributed by atoms with Gasteiger partial charge in [-0.25, -0.2) is 4.79 Å². The largest absolute Gasteiger partial charge is 0.416 e. The van der Waals surface area contributed by atoms with Gasteiger partial charge in [-0.2, -0.15) is 26.3 Å². The van der Waals surface area contributed by atoms with Crippen molar-refractivity contribution in [2.45, 2.75) is 51.2 Å². The number of nitrogens with zero attached hydrogens (tertiary/aromatic N) is 1. The van der Waals surface area contributed by atoms with Crippen LogP contribution in [0, 0.1) is 0 Å². The van der Waals surface area contributed by atoms with E-state index in [4.69, 9.17) is 0 Å². The molecule has 1 aliphatic heterocycles. The molecule has 1 fully saturated rings. The summed E-state index contributed by atoms with van der Waals surface area (Å²) in [7, 11) is 0. The first-order valence-electron chi connectivity index (χ1n) is 7.20. The molecule has 2 amide bonds. The monoisotopic (exact) mass is 354 g/mol. The quantitative estimate of drug-likeness (QED) is 0.775. The zero-order valence-corrected chi connectivity index (χ0v) is 13.1. The Morgan fingerprint density at radius 1 is 1.00 bits per heavy atom. The molecule has 9 heteroatoms. The van der Waals surface area contributed by atoms with Gasteiger partial charge in [0.05, 0.1) is 23.2 Å². The van der Waals surface area contributed by atoms with Gasteiger partial charge >= 0.3 is 18.4 Å². The summed E-state index contributed by atoms with van der Waals surface area (Å²) >= 11 is 0. The van der Waals surface area contributed by atoms with E-state index in [-0.39, 0.29) is 17.7 Å². The molecule has 1 saturated heterocycles. The second-order valence-electron chi connectivity index (χ2n) is 6.01. The molecule has 0 bridgehead atoms. The fraction of sp³-hybridized carbons (Fsp3) is 0.533. The van der Waals surface area contributed by atoms with Gasteiger partial charge in [-0.3, -0.25) is 0 Å². The lowest BCUT2D eigenvalue weighted by atomic mass is 9.96. The SMILES string of the molecule is CC(C)N1C(=O)N[C@H](c2cc(C(F)(F)F)cc(C(F)(F)F)c2)[C@@H]1C.